The summed E-state index contributed by atoms with van der Waals surface area (Å²) < 4.78 is 4.74. The minimum atomic E-state index is 0.645. The molecule has 134 valence electrons. The molecule has 0 atom stereocenters. The van der Waals surface area contributed by atoms with Crippen LogP contribution in [0.3, 0.4) is 0 Å². The Morgan fingerprint density at radius 3 is 2.80 bits per heavy atom. The summed E-state index contributed by atoms with van der Waals surface area (Å²) in [5.41, 5.74) is 0.981. The third-order valence-corrected chi connectivity index (χ3v) is 5.40. The highest BCUT2D eigenvalue weighted by molar-refractivity contribution is 7.71. The molecule has 1 saturated carbocycles. The van der Waals surface area contributed by atoms with Crippen molar-refractivity contribution in [2.24, 2.45) is 0 Å². The highest BCUT2D eigenvalue weighted by Gasteiger charge is 2.21. The zero-order valence-corrected chi connectivity index (χ0v) is 15.8. The van der Waals surface area contributed by atoms with Crippen molar-refractivity contribution in [1.29, 1.82) is 0 Å². The van der Waals surface area contributed by atoms with Crippen LogP contribution in [0, 0.1) is 4.77 Å². The van der Waals surface area contributed by atoms with Gasteiger partial charge in [-0.3, -0.25) is 14.5 Å². The second-order valence-corrected chi connectivity index (χ2v) is 6.95. The third-order valence-electron chi connectivity index (χ3n) is 4.97. The van der Waals surface area contributed by atoms with Crippen LogP contribution < -0.4 is 0 Å². The summed E-state index contributed by atoms with van der Waals surface area (Å²) in [5.74, 6) is 0.859. The van der Waals surface area contributed by atoms with Gasteiger partial charge in [0.1, 0.15) is 0 Å². The lowest BCUT2D eigenvalue weighted by Gasteiger charge is -2.33. The minimum absolute atomic E-state index is 0.645. The maximum absolute atomic E-state index is 5.71. The maximum Gasteiger partial charge on any atom is 0.199 e. The Kier molecular flexibility index (Phi) is 6.15. The van der Waals surface area contributed by atoms with Gasteiger partial charge in [-0.2, -0.15) is 5.10 Å². The van der Waals surface area contributed by atoms with Crippen LogP contribution in [-0.2, 0) is 13.2 Å². The number of nitrogens with zero attached hydrogens (tertiary/aromatic N) is 5. The molecule has 0 amide bonds. The first kappa shape index (κ1) is 18.0. The van der Waals surface area contributed by atoms with Crippen molar-refractivity contribution in [2.45, 2.75) is 58.3 Å². The fourth-order valence-electron chi connectivity index (χ4n) is 3.63. The lowest BCUT2D eigenvalue weighted by atomic mass is 9.94. The largest absolute Gasteiger partial charge is 0.296 e. The first-order valence-electron chi connectivity index (χ1n) is 9.17. The van der Waals surface area contributed by atoms with Crippen LogP contribution in [0.2, 0.25) is 0 Å². The number of pyridine rings is 1. The van der Waals surface area contributed by atoms with Crippen LogP contribution in [0.15, 0.2) is 37.2 Å². The van der Waals surface area contributed by atoms with E-state index in [4.69, 9.17) is 17.3 Å². The summed E-state index contributed by atoms with van der Waals surface area (Å²) >= 11 is 5.71. The van der Waals surface area contributed by atoms with E-state index in [-0.39, 0.29) is 0 Å². The Morgan fingerprint density at radius 2 is 2.16 bits per heavy atom. The topological polar surface area (TPSA) is 38.9 Å². The lowest BCUT2D eigenvalue weighted by molar-refractivity contribution is 0.119. The van der Waals surface area contributed by atoms with Gasteiger partial charge >= 0.3 is 0 Å². The minimum Gasteiger partial charge on any atom is -0.296 e. The molecule has 1 aliphatic carbocycles. The Morgan fingerprint density at radius 1 is 1.36 bits per heavy atom. The predicted octanol–water partition coefficient (Wildman–Crippen LogP) is 4.27. The van der Waals surface area contributed by atoms with Gasteiger partial charge in [-0.1, -0.05) is 32.3 Å². The molecule has 0 radical (unpaired) electrons. The molecule has 1 fully saturated rings. The van der Waals surface area contributed by atoms with Crippen molar-refractivity contribution in [3.05, 3.63) is 42.0 Å². The average Bonchev–Trinajstić information content (AvgIpc) is 2.97. The summed E-state index contributed by atoms with van der Waals surface area (Å²) in [5, 5.41) is 4.83. The molecule has 25 heavy (non-hydrogen) atoms. The molecule has 0 bridgehead atoms. The molecule has 6 heteroatoms. The normalized spacial score (nSPS) is 15.6. The van der Waals surface area contributed by atoms with E-state index in [0.29, 0.717) is 12.6 Å². The number of rotatable bonds is 7. The highest BCUT2D eigenvalue weighted by atomic mass is 32.1. The molecule has 0 aromatic carbocycles. The lowest BCUT2D eigenvalue weighted by Crippen LogP contribution is -2.38. The van der Waals surface area contributed by atoms with Crippen molar-refractivity contribution in [1.82, 2.24) is 24.2 Å². The van der Waals surface area contributed by atoms with Crippen LogP contribution in [-0.4, -0.2) is 36.8 Å². The average molecular weight is 358 g/mol. The molecule has 1 aliphatic rings. The zero-order chi connectivity index (χ0) is 17.6. The van der Waals surface area contributed by atoms with Gasteiger partial charge < -0.3 is 0 Å². The molecule has 0 saturated heterocycles. The molecular formula is C19H27N5S. The molecule has 0 spiro atoms. The molecular weight excluding hydrogens is 330 g/mol. The van der Waals surface area contributed by atoms with Crippen LogP contribution in [0.1, 0.15) is 39.0 Å². The van der Waals surface area contributed by atoms with Gasteiger partial charge in [0.25, 0.3) is 0 Å². The van der Waals surface area contributed by atoms with Crippen LogP contribution in [0.25, 0.3) is 11.4 Å². The molecule has 5 nitrogen and oxygen atoms in total. The second-order valence-electron chi connectivity index (χ2n) is 6.58. The number of allylic oxidation sites excluding steroid dienone is 1. The zero-order valence-electron chi connectivity index (χ0n) is 15.0. The van der Waals surface area contributed by atoms with E-state index in [9.17, 15) is 0 Å². The molecule has 2 aromatic heterocycles. The quantitative estimate of drug-likeness (QED) is 0.548. The predicted molar refractivity (Wildman–Crippen MR) is 104 cm³/mol. The smallest absolute Gasteiger partial charge is 0.199 e. The van der Waals surface area contributed by atoms with E-state index >= 15 is 0 Å². The Labute approximate surface area is 155 Å². The number of hydrogen-bond acceptors (Lipinski definition) is 4. The van der Waals surface area contributed by atoms with Gasteiger partial charge in [0, 0.05) is 30.5 Å². The monoisotopic (exact) mass is 357 g/mol. The maximum atomic E-state index is 5.71. The molecule has 3 rings (SSSR count). The van der Waals surface area contributed by atoms with Crippen molar-refractivity contribution in [3.8, 4) is 11.4 Å². The van der Waals surface area contributed by atoms with E-state index in [0.717, 1.165) is 29.4 Å². The molecule has 2 heterocycles. The summed E-state index contributed by atoms with van der Waals surface area (Å²) in [6, 6.07) is 4.59. The Hall–Kier alpha value is -1.79. The van der Waals surface area contributed by atoms with Gasteiger partial charge in [-0.05, 0) is 43.7 Å². The Bertz CT molecular complexity index is 743. The van der Waals surface area contributed by atoms with Crippen LogP contribution in [0.5, 0.6) is 0 Å². The second kappa shape index (κ2) is 8.54. The molecule has 0 aliphatic heterocycles. The highest BCUT2D eigenvalue weighted by Crippen LogP contribution is 2.24. The van der Waals surface area contributed by atoms with Gasteiger partial charge in [0.15, 0.2) is 10.6 Å². The van der Waals surface area contributed by atoms with Gasteiger partial charge in [-0.25, -0.2) is 4.68 Å². The fourth-order valence-corrected chi connectivity index (χ4v) is 3.89. The van der Waals surface area contributed by atoms with Gasteiger partial charge in [-0.15, -0.1) is 6.58 Å². The van der Waals surface area contributed by atoms with Crippen molar-refractivity contribution in [2.75, 3.05) is 6.54 Å². The molecule has 2 aromatic rings. The van der Waals surface area contributed by atoms with E-state index < -0.39 is 0 Å². The number of aromatic nitrogens is 4. The summed E-state index contributed by atoms with van der Waals surface area (Å²) in [7, 11) is 0. The van der Waals surface area contributed by atoms with Crippen molar-refractivity contribution >= 4 is 12.2 Å². The van der Waals surface area contributed by atoms with Crippen molar-refractivity contribution < 1.29 is 0 Å². The summed E-state index contributed by atoms with van der Waals surface area (Å²) in [6.45, 7) is 8.50. The van der Waals surface area contributed by atoms with E-state index in [2.05, 4.69) is 23.4 Å². The summed E-state index contributed by atoms with van der Waals surface area (Å²) in [6.07, 6.45) is 12.1. The van der Waals surface area contributed by atoms with E-state index in [1.54, 1.807) is 6.20 Å². The van der Waals surface area contributed by atoms with Gasteiger partial charge in [0.05, 0.1) is 6.67 Å². The standard InChI is InChI=1S/C19H27N5S/c1-3-13-23-18(16-9-8-12-20-14-16)21-24(19(23)25)15-22(4-2)17-10-6-5-7-11-17/h3,8-9,12,14,17H,1,4-7,10-11,13,15H2,2H3. The van der Waals surface area contributed by atoms with Gasteiger partial charge in [0.2, 0.25) is 0 Å². The molecule has 0 N–H and O–H groups in total. The number of hydrogen-bond donors (Lipinski definition) is 0. The van der Waals surface area contributed by atoms with E-state index in [1.165, 1.54) is 32.1 Å². The first-order valence-corrected chi connectivity index (χ1v) is 9.58. The van der Waals surface area contributed by atoms with Crippen molar-refractivity contribution in [3.63, 3.8) is 0 Å². The van der Waals surface area contributed by atoms with E-state index in [1.807, 2.05) is 33.7 Å². The Balaban J connectivity index is 1.90. The molecule has 0 unspecified atom stereocenters. The third kappa shape index (κ3) is 4.07. The van der Waals surface area contributed by atoms with Crippen LogP contribution >= 0.6 is 12.2 Å². The summed E-state index contributed by atoms with van der Waals surface area (Å²) in [4.78, 5) is 6.73. The fraction of sp³-hybridized carbons (Fsp3) is 0.526. The SMILES string of the molecule is C=CCn1c(-c2cccnc2)nn(CN(CC)C2CCCCC2)c1=S. The van der Waals surface area contributed by atoms with Crippen LogP contribution in [0.4, 0.5) is 0 Å². The first-order chi connectivity index (χ1) is 12.2.